The zero-order valence-electron chi connectivity index (χ0n) is 12.9. The molecule has 0 aromatic heterocycles. The van der Waals surface area contributed by atoms with Crippen LogP contribution in [0, 0.1) is 13.8 Å². The molecule has 0 N–H and O–H groups in total. The molecule has 0 spiro atoms. The van der Waals surface area contributed by atoms with Crippen molar-refractivity contribution in [3.05, 3.63) is 59.7 Å². The van der Waals surface area contributed by atoms with Gasteiger partial charge in [0, 0.05) is 0 Å². The molecule has 6 nitrogen and oxygen atoms in total. The largest absolute Gasteiger partial charge is 2.00 e. The van der Waals surface area contributed by atoms with Gasteiger partial charge in [-0.2, -0.15) is 0 Å². The number of aryl methyl sites for hydroxylation is 2. The Bertz CT molecular complexity index is 577. The summed E-state index contributed by atoms with van der Waals surface area (Å²) in [7, 11) is -9.11. The number of hydrogen-bond acceptors (Lipinski definition) is 6. The molecule has 0 atom stereocenters. The summed E-state index contributed by atoms with van der Waals surface area (Å²) in [5.74, 6) is 0. The minimum Gasteiger partial charge on any atom is -0.683 e. The third kappa shape index (κ3) is 10.5. The van der Waals surface area contributed by atoms with Gasteiger partial charge in [-0.05, 0) is 37.1 Å². The molecule has 0 saturated heterocycles. The van der Waals surface area contributed by atoms with Crippen molar-refractivity contribution < 1.29 is 78.8 Å². The molecular formula is C14H14Ni3O6P2+2. The Morgan fingerprint density at radius 1 is 0.520 bits per heavy atom. The third-order valence-corrected chi connectivity index (χ3v) is 5.00. The van der Waals surface area contributed by atoms with E-state index in [1.165, 1.54) is 24.3 Å². The van der Waals surface area contributed by atoms with E-state index in [1.807, 2.05) is 0 Å². The van der Waals surface area contributed by atoms with E-state index in [0.29, 0.717) is 11.1 Å². The van der Waals surface area contributed by atoms with Gasteiger partial charge >= 0.3 is 49.5 Å². The van der Waals surface area contributed by atoms with Crippen molar-refractivity contribution in [2.75, 3.05) is 0 Å². The predicted octanol–water partition coefficient (Wildman–Crippen LogP) is -3.08. The summed E-state index contributed by atoms with van der Waals surface area (Å²) in [6.45, 7) is 3.19. The third-order valence-electron chi connectivity index (χ3n) is 2.82. The van der Waals surface area contributed by atoms with Crippen molar-refractivity contribution >= 4 is 26.5 Å². The van der Waals surface area contributed by atoms with Crippen LogP contribution in [0.1, 0.15) is 11.1 Å². The molecule has 2 aromatic rings. The molecule has 0 unspecified atom stereocenters. The maximum absolute atomic E-state index is 10.5. The maximum atomic E-state index is 10.5. The van der Waals surface area contributed by atoms with E-state index in [-0.39, 0.29) is 60.1 Å². The first-order valence-corrected chi connectivity index (χ1v) is 9.28. The van der Waals surface area contributed by atoms with Crippen LogP contribution >= 0.6 is 15.9 Å². The van der Waals surface area contributed by atoms with Gasteiger partial charge in [0.25, 0.3) is 0 Å². The van der Waals surface area contributed by atoms with Crippen LogP contribution in [0.4, 0.5) is 0 Å². The standard InChI is InChI=1S/2C7H9O3P.3Ni/c2*1-6-4-2-3-5-7(6)11(8,9)10;;;/h2*2-5H,1H3,(H2,8,9,10);;;/q;;3*+2/p-4. The van der Waals surface area contributed by atoms with Gasteiger partial charge in [-0.1, -0.05) is 36.4 Å². The van der Waals surface area contributed by atoms with E-state index in [9.17, 15) is 29.4 Å². The van der Waals surface area contributed by atoms with E-state index in [4.69, 9.17) is 0 Å². The number of rotatable bonds is 2. The molecule has 0 radical (unpaired) electrons. The fourth-order valence-electron chi connectivity index (χ4n) is 1.74. The van der Waals surface area contributed by atoms with Gasteiger partial charge in [0.05, 0.1) is 10.6 Å². The molecule has 0 heterocycles. The fraction of sp³-hybridized carbons (Fsp3) is 0.143. The van der Waals surface area contributed by atoms with Gasteiger partial charge in [-0.3, -0.25) is 0 Å². The van der Waals surface area contributed by atoms with Crippen LogP contribution in [0.3, 0.4) is 0 Å². The molecule has 0 aliphatic heterocycles. The van der Waals surface area contributed by atoms with E-state index < -0.39 is 15.9 Å². The monoisotopic (exact) mass is 514 g/mol. The van der Waals surface area contributed by atoms with Crippen molar-refractivity contribution in [2.24, 2.45) is 0 Å². The zero-order chi connectivity index (χ0) is 17.0. The summed E-state index contributed by atoms with van der Waals surface area (Å²) < 4.78 is 0. The molecule has 0 saturated carbocycles. The molecule has 2 rings (SSSR count). The average Bonchev–Trinajstić information content (AvgIpc) is 2.37. The Kier molecular flexibility index (Phi) is 15.6. The first kappa shape index (κ1) is 30.3. The molecule has 0 aliphatic rings. The summed E-state index contributed by atoms with van der Waals surface area (Å²) in [5, 5.41) is -0.222. The summed E-state index contributed by atoms with van der Waals surface area (Å²) in [6, 6.07) is 12.3. The Morgan fingerprint density at radius 3 is 0.920 bits per heavy atom. The first-order valence-electron chi connectivity index (χ1n) is 6.20. The summed E-state index contributed by atoms with van der Waals surface area (Å²) in [6.07, 6.45) is 0. The topological polar surface area (TPSA) is 138 Å². The van der Waals surface area contributed by atoms with E-state index in [2.05, 4.69) is 0 Å². The van der Waals surface area contributed by atoms with Crippen LogP contribution < -0.4 is 40.0 Å². The smallest absolute Gasteiger partial charge is 0.683 e. The van der Waals surface area contributed by atoms with Crippen molar-refractivity contribution in [1.82, 2.24) is 0 Å². The van der Waals surface area contributed by atoms with Gasteiger partial charge in [-0.25, -0.2) is 0 Å². The van der Waals surface area contributed by atoms with Crippen LogP contribution in [0.2, 0.25) is 0 Å². The van der Waals surface area contributed by atoms with Crippen molar-refractivity contribution in [3.63, 3.8) is 0 Å². The molecule has 0 bridgehead atoms. The molecule has 0 fully saturated rings. The van der Waals surface area contributed by atoms with Gasteiger partial charge in [0.15, 0.2) is 0 Å². The van der Waals surface area contributed by atoms with E-state index in [0.717, 1.165) is 0 Å². The van der Waals surface area contributed by atoms with Crippen LogP contribution in [0.25, 0.3) is 0 Å². The summed E-state index contributed by atoms with van der Waals surface area (Å²) >= 11 is 0. The van der Waals surface area contributed by atoms with Crippen LogP contribution in [0.15, 0.2) is 48.5 Å². The molecular weight excluding hydrogens is 502 g/mol. The Hall–Kier alpha value is 0.541. The van der Waals surface area contributed by atoms with Gasteiger partial charge < -0.3 is 29.4 Å². The van der Waals surface area contributed by atoms with Gasteiger partial charge in [0.1, 0.15) is 0 Å². The molecule has 25 heavy (non-hydrogen) atoms. The number of benzene rings is 2. The molecule has 0 amide bonds. The van der Waals surface area contributed by atoms with Crippen LogP contribution in [0.5, 0.6) is 0 Å². The molecule has 2 aromatic carbocycles. The fourth-order valence-corrected chi connectivity index (χ4v) is 3.29. The second-order valence-electron chi connectivity index (χ2n) is 4.57. The summed E-state index contributed by atoms with van der Waals surface area (Å²) in [4.78, 5) is 63.2. The Balaban J connectivity index is -0.000000346. The molecule has 11 heteroatoms. The number of hydrogen-bond donors (Lipinski definition) is 0. The minimum atomic E-state index is -4.56. The zero-order valence-corrected chi connectivity index (χ0v) is 17.7. The van der Waals surface area contributed by atoms with E-state index in [1.54, 1.807) is 38.1 Å². The molecule has 144 valence electrons. The average molecular weight is 516 g/mol. The van der Waals surface area contributed by atoms with E-state index >= 15 is 0 Å². The SMILES string of the molecule is Cc1ccccc1[P+]([O-])([O-])[O-].Cc1ccccc1[P+]([O-])([O-])[O-].[Ni+2].[Ni+2].[Ni+2]. The normalized spacial score (nSPS) is 10.2. The second-order valence-corrected chi connectivity index (χ2v) is 7.52. The second kappa shape index (κ2) is 12.8. The maximum Gasteiger partial charge on any atom is 2.00 e. The van der Waals surface area contributed by atoms with Gasteiger partial charge in [0.2, 0.25) is 0 Å². The van der Waals surface area contributed by atoms with Crippen LogP contribution in [-0.4, -0.2) is 0 Å². The van der Waals surface area contributed by atoms with Gasteiger partial charge in [-0.15, -0.1) is 15.9 Å². The molecule has 0 aliphatic carbocycles. The van der Waals surface area contributed by atoms with Crippen molar-refractivity contribution in [3.8, 4) is 0 Å². The van der Waals surface area contributed by atoms with Crippen LogP contribution in [-0.2, 0) is 49.5 Å². The first-order chi connectivity index (χ1) is 10.0. The predicted molar refractivity (Wildman–Crippen MR) is 75.5 cm³/mol. The quantitative estimate of drug-likeness (QED) is 0.307. The summed E-state index contributed by atoms with van der Waals surface area (Å²) in [5.41, 5.74) is 1.00. The Morgan fingerprint density at radius 2 is 0.760 bits per heavy atom. The Labute approximate surface area is 178 Å². The van der Waals surface area contributed by atoms with Crippen molar-refractivity contribution in [1.29, 1.82) is 0 Å². The van der Waals surface area contributed by atoms with Crippen molar-refractivity contribution in [2.45, 2.75) is 13.8 Å². The minimum absolute atomic E-state index is 0.